The molecule has 2 aromatic carbocycles. The number of nitrogens with zero attached hydrogens (tertiary/aromatic N) is 2. The van der Waals surface area contributed by atoms with E-state index in [1.807, 2.05) is 62.4 Å². The molecule has 3 rings (SSSR count). The average molecular weight is 293 g/mol. The van der Waals surface area contributed by atoms with E-state index >= 15 is 0 Å². The Morgan fingerprint density at radius 1 is 1.05 bits per heavy atom. The van der Waals surface area contributed by atoms with Crippen molar-refractivity contribution in [3.05, 3.63) is 70.8 Å². The fourth-order valence-corrected chi connectivity index (χ4v) is 2.68. The number of hydrogen-bond donors (Lipinski definition) is 1. The molecule has 0 bridgehead atoms. The fraction of sp³-hybridized carbons (Fsp3) is 0.222. The number of amides is 2. The van der Waals surface area contributed by atoms with Crippen molar-refractivity contribution >= 4 is 11.7 Å². The summed E-state index contributed by atoms with van der Waals surface area (Å²) in [7, 11) is 0. The number of nitrogens with two attached hydrogens (primary N) is 1. The lowest BCUT2D eigenvalue weighted by Crippen LogP contribution is -2.31. The second-order valence-electron chi connectivity index (χ2n) is 5.73. The maximum Gasteiger partial charge on any atom is 0.335 e. The standard InChI is InChI=1S/C18H19N3O/c1-12-3-7-14(8-4-12)16-11-17(21(20-16)18(19)22)15-9-5-13(2)6-10-15/h3-10,17H,11H2,1-2H3,(H2,19,22)/t17-/m1/s1. The van der Waals surface area contributed by atoms with Crippen LogP contribution in [-0.4, -0.2) is 16.8 Å². The van der Waals surface area contributed by atoms with E-state index in [0.29, 0.717) is 6.42 Å². The van der Waals surface area contributed by atoms with Crippen LogP contribution in [0.1, 0.15) is 34.7 Å². The van der Waals surface area contributed by atoms with E-state index in [1.165, 1.54) is 16.1 Å². The van der Waals surface area contributed by atoms with Crippen molar-refractivity contribution in [1.29, 1.82) is 0 Å². The maximum absolute atomic E-state index is 11.7. The molecule has 1 heterocycles. The van der Waals surface area contributed by atoms with Crippen molar-refractivity contribution in [2.75, 3.05) is 0 Å². The molecular weight excluding hydrogens is 274 g/mol. The van der Waals surface area contributed by atoms with Gasteiger partial charge in [-0.2, -0.15) is 5.10 Å². The average Bonchev–Trinajstić information content (AvgIpc) is 2.94. The van der Waals surface area contributed by atoms with Crippen molar-refractivity contribution in [2.45, 2.75) is 26.3 Å². The molecule has 1 aliphatic rings. The summed E-state index contributed by atoms with van der Waals surface area (Å²) in [4.78, 5) is 11.7. The molecule has 0 fully saturated rings. The zero-order valence-electron chi connectivity index (χ0n) is 12.8. The predicted octanol–water partition coefficient (Wildman–Crippen LogP) is 3.53. The van der Waals surface area contributed by atoms with Crippen LogP contribution in [-0.2, 0) is 0 Å². The number of urea groups is 1. The molecule has 0 aromatic heterocycles. The molecule has 0 saturated carbocycles. The normalized spacial score (nSPS) is 17.5. The molecule has 0 spiro atoms. The Morgan fingerprint density at radius 3 is 2.14 bits per heavy atom. The van der Waals surface area contributed by atoms with Crippen molar-refractivity contribution in [3.63, 3.8) is 0 Å². The van der Waals surface area contributed by atoms with Gasteiger partial charge in [0.1, 0.15) is 0 Å². The SMILES string of the molecule is Cc1ccc(C2=NN(C(N)=O)[C@@H](c3ccc(C)cc3)C2)cc1. The van der Waals surface area contributed by atoms with E-state index in [1.54, 1.807) is 0 Å². The fourth-order valence-electron chi connectivity index (χ4n) is 2.68. The van der Waals surface area contributed by atoms with Crippen LogP contribution in [0.4, 0.5) is 4.79 Å². The van der Waals surface area contributed by atoms with Gasteiger partial charge in [-0.3, -0.25) is 0 Å². The lowest BCUT2D eigenvalue weighted by molar-refractivity contribution is 0.196. The van der Waals surface area contributed by atoms with Crippen molar-refractivity contribution < 1.29 is 4.79 Å². The summed E-state index contributed by atoms with van der Waals surface area (Å²) in [5.74, 6) is 0. The third-order valence-corrected chi connectivity index (χ3v) is 3.98. The third kappa shape index (κ3) is 2.72. The van der Waals surface area contributed by atoms with Gasteiger partial charge in [0.2, 0.25) is 0 Å². The summed E-state index contributed by atoms with van der Waals surface area (Å²) in [6.45, 7) is 4.09. The number of benzene rings is 2. The number of carbonyl (C=O) groups is 1. The van der Waals surface area contributed by atoms with Gasteiger partial charge in [0.25, 0.3) is 0 Å². The zero-order chi connectivity index (χ0) is 15.7. The highest BCUT2D eigenvalue weighted by atomic mass is 16.2. The monoisotopic (exact) mass is 293 g/mol. The number of hydrazone groups is 1. The molecule has 1 atom stereocenters. The smallest absolute Gasteiger partial charge is 0.335 e. The number of rotatable bonds is 2. The van der Waals surface area contributed by atoms with Gasteiger partial charge in [-0.25, -0.2) is 9.80 Å². The van der Waals surface area contributed by atoms with Crippen molar-refractivity contribution in [1.82, 2.24) is 5.01 Å². The van der Waals surface area contributed by atoms with Gasteiger partial charge < -0.3 is 5.73 Å². The molecule has 22 heavy (non-hydrogen) atoms. The van der Waals surface area contributed by atoms with E-state index in [4.69, 9.17) is 5.73 Å². The summed E-state index contributed by atoms with van der Waals surface area (Å²) in [6.07, 6.45) is 0.676. The number of carbonyl (C=O) groups excluding carboxylic acids is 1. The quantitative estimate of drug-likeness (QED) is 0.904. The number of primary amides is 1. The van der Waals surface area contributed by atoms with Crippen LogP contribution in [0, 0.1) is 13.8 Å². The van der Waals surface area contributed by atoms with Crippen LogP contribution in [0.25, 0.3) is 0 Å². The highest BCUT2D eigenvalue weighted by Crippen LogP contribution is 2.32. The van der Waals surface area contributed by atoms with Crippen LogP contribution < -0.4 is 5.73 Å². The number of aryl methyl sites for hydroxylation is 2. The molecule has 0 unspecified atom stereocenters. The first kappa shape index (κ1) is 14.3. The summed E-state index contributed by atoms with van der Waals surface area (Å²) in [6, 6.07) is 15.7. The van der Waals surface area contributed by atoms with Gasteiger partial charge in [0.15, 0.2) is 0 Å². The Balaban J connectivity index is 1.92. The molecule has 0 radical (unpaired) electrons. The Kier molecular flexibility index (Phi) is 3.67. The van der Waals surface area contributed by atoms with Crippen LogP contribution in [0.2, 0.25) is 0 Å². The van der Waals surface area contributed by atoms with Gasteiger partial charge >= 0.3 is 6.03 Å². The zero-order valence-corrected chi connectivity index (χ0v) is 12.8. The number of hydrogen-bond acceptors (Lipinski definition) is 2. The largest absolute Gasteiger partial charge is 0.350 e. The predicted molar refractivity (Wildman–Crippen MR) is 87.7 cm³/mol. The molecule has 4 nitrogen and oxygen atoms in total. The first-order chi connectivity index (χ1) is 10.5. The first-order valence-corrected chi connectivity index (χ1v) is 7.34. The Labute approximate surface area is 130 Å². The van der Waals surface area contributed by atoms with Crippen LogP contribution in [0.3, 0.4) is 0 Å². The molecule has 4 heteroatoms. The van der Waals surface area contributed by atoms with E-state index in [9.17, 15) is 4.79 Å². The summed E-state index contributed by atoms with van der Waals surface area (Å²) >= 11 is 0. The Morgan fingerprint density at radius 2 is 1.59 bits per heavy atom. The highest BCUT2D eigenvalue weighted by molar-refractivity contribution is 6.03. The molecule has 1 aliphatic heterocycles. The van der Waals surface area contributed by atoms with E-state index < -0.39 is 6.03 Å². The van der Waals surface area contributed by atoms with Gasteiger partial charge in [-0.1, -0.05) is 59.7 Å². The maximum atomic E-state index is 11.7. The van der Waals surface area contributed by atoms with Crippen molar-refractivity contribution in [2.24, 2.45) is 10.8 Å². The minimum absolute atomic E-state index is 0.130. The molecule has 2 N–H and O–H groups in total. The lowest BCUT2D eigenvalue weighted by atomic mass is 9.97. The van der Waals surface area contributed by atoms with E-state index in [-0.39, 0.29) is 6.04 Å². The van der Waals surface area contributed by atoms with Gasteiger partial charge in [-0.05, 0) is 25.0 Å². The lowest BCUT2D eigenvalue weighted by Gasteiger charge is -2.19. The van der Waals surface area contributed by atoms with Crippen LogP contribution in [0.5, 0.6) is 0 Å². The molecular formula is C18H19N3O. The van der Waals surface area contributed by atoms with Gasteiger partial charge in [0, 0.05) is 6.42 Å². The molecule has 112 valence electrons. The van der Waals surface area contributed by atoms with E-state index in [0.717, 1.165) is 16.8 Å². The summed E-state index contributed by atoms with van der Waals surface area (Å²) < 4.78 is 0. The highest BCUT2D eigenvalue weighted by Gasteiger charge is 2.31. The van der Waals surface area contributed by atoms with Crippen molar-refractivity contribution in [3.8, 4) is 0 Å². The Bertz CT molecular complexity index is 717. The van der Waals surface area contributed by atoms with Gasteiger partial charge in [0.05, 0.1) is 11.8 Å². The molecule has 2 aromatic rings. The minimum atomic E-state index is -0.521. The van der Waals surface area contributed by atoms with Crippen LogP contribution in [0.15, 0.2) is 53.6 Å². The summed E-state index contributed by atoms with van der Waals surface area (Å²) in [5.41, 5.74) is 10.9. The van der Waals surface area contributed by atoms with Gasteiger partial charge in [-0.15, -0.1) is 0 Å². The summed E-state index contributed by atoms with van der Waals surface area (Å²) in [5, 5.41) is 5.83. The first-order valence-electron chi connectivity index (χ1n) is 7.34. The van der Waals surface area contributed by atoms with E-state index in [2.05, 4.69) is 5.10 Å². The van der Waals surface area contributed by atoms with Crippen LogP contribution >= 0.6 is 0 Å². The molecule has 0 saturated heterocycles. The second-order valence-corrected chi connectivity index (χ2v) is 5.73. The second kappa shape index (κ2) is 5.64. The minimum Gasteiger partial charge on any atom is -0.350 e. The topological polar surface area (TPSA) is 58.7 Å². The molecule has 2 amide bonds. The molecule has 0 aliphatic carbocycles. The third-order valence-electron chi connectivity index (χ3n) is 3.98. The Hall–Kier alpha value is -2.62.